The third-order valence-corrected chi connectivity index (χ3v) is 5.18. The van der Waals surface area contributed by atoms with Crippen LogP contribution in [-0.2, 0) is 25.6 Å². The Hall–Kier alpha value is -3.55. The van der Waals surface area contributed by atoms with Gasteiger partial charge < -0.3 is 18.9 Å². The molecule has 0 aromatic heterocycles. The van der Waals surface area contributed by atoms with Crippen molar-refractivity contribution in [2.75, 3.05) is 6.54 Å². The van der Waals surface area contributed by atoms with Crippen LogP contribution < -0.4 is 4.74 Å². The highest BCUT2D eigenvalue weighted by atomic mass is 16.6. The third-order valence-electron chi connectivity index (χ3n) is 5.18. The molecule has 0 radical (unpaired) electrons. The molecule has 0 aliphatic carbocycles. The molecular weight excluding hydrogens is 462 g/mol. The topological polar surface area (TPSA) is 91.4 Å². The highest BCUT2D eigenvalue weighted by Gasteiger charge is 2.45. The van der Waals surface area contributed by atoms with Gasteiger partial charge in [0.05, 0.1) is 12.1 Å². The largest absolute Gasteiger partial charge is 0.489 e. The molecule has 8 nitrogen and oxygen atoms in total. The Kier molecular flexibility index (Phi) is 8.28. The van der Waals surface area contributed by atoms with E-state index in [4.69, 9.17) is 18.9 Å². The first-order valence-electron chi connectivity index (χ1n) is 12.0. The zero-order valence-corrected chi connectivity index (χ0v) is 21.8. The second kappa shape index (κ2) is 11.0. The number of likely N-dealkylation sites (tertiary alicyclic amines) is 1. The molecule has 2 aromatic carbocycles. The van der Waals surface area contributed by atoms with Crippen molar-refractivity contribution < 1.29 is 33.3 Å². The number of carbonyl (C=O) groups is 3. The summed E-state index contributed by atoms with van der Waals surface area (Å²) in [6.45, 7) is 10.9. The number of hydrogen-bond acceptors (Lipinski definition) is 7. The van der Waals surface area contributed by atoms with E-state index in [2.05, 4.69) is 0 Å². The Labute approximate surface area is 212 Å². The van der Waals surface area contributed by atoms with Crippen LogP contribution in [0.5, 0.6) is 5.75 Å². The van der Waals surface area contributed by atoms with E-state index in [0.29, 0.717) is 17.9 Å². The molecule has 2 aromatic rings. The summed E-state index contributed by atoms with van der Waals surface area (Å²) in [7, 11) is 0. The van der Waals surface area contributed by atoms with Crippen LogP contribution in [0.25, 0.3) is 0 Å². The quantitative estimate of drug-likeness (QED) is 0.403. The Bertz CT molecular complexity index is 1020. The van der Waals surface area contributed by atoms with Crippen LogP contribution >= 0.6 is 0 Å². The van der Waals surface area contributed by atoms with Crippen LogP contribution in [0.15, 0.2) is 54.6 Å². The van der Waals surface area contributed by atoms with Crippen LogP contribution in [0.1, 0.15) is 63.9 Å². The first kappa shape index (κ1) is 27.0. The molecule has 36 heavy (non-hydrogen) atoms. The van der Waals surface area contributed by atoms with Gasteiger partial charge in [-0.15, -0.1) is 0 Å². The summed E-state index contributed by atoms with van der Waals surface area (Å²) in [5, 5.41) is 0. The minimum atomic E-state index is -0.911. The average Bonchev–Trinajstić information content (AvgIpc) is 3.21. The van der Waals surface area contributed by atoms with E-state index >= 15 is 0 Å². The zero-order valence-electron chi connectivity index (χ0n) is 21.8. The van der Waals surface area contributed by atoms with Crippen molar-refractivity contribution in [3.8, 4) is 5.75 Å². The van der Waals surface area contributed by atoms with Gasteiger partial charge in [-0.1, -0.05) is 30.3 Å². The molecule has 1 saturated heterocycles. The summed E-state index contributed by atoms with van der Waals surface area (Å²) < 4.78 is 22.4. The normalized spacial score (nSPS) is 17.9. The summed E-state index contributed by atoms with van der Waals surface area (Å²) in [5.74, 6) is -0.493. The summed E-state index contributed by atoms with van der Waals surface area (Å²) >= 11 is 0. The van der Waals surface area contributed by atoms with E-state index in [1.807, 2.05) is 30.3 Å². The molecule has 0 unspecified atom stereocenters. The van der Waals surface area contributed by atoms with Crippen LogP contribution in [0.3, 0.4) is 0 Å². The van der Waals surface area contributed by atoms with Gasteiger partial charge in [-0.2, -0.15) is 0 Å². The maximum Gasteiger partial charge on any atom is 0.411 e. The number of amides is 1. The number of ether oxygens (including phenoxy) is 4. The molecule has 2 atom stereocenters. The fraction of sp³-hybridized carbons (Fsp3) is 0.464. The fourth-order valence-electron chi connectivity index (χ4n) is 3.65. The number of nitrogens with zero attached hydrogens (tertiary/aromatic N) is 1. The lowest BCUT2D eigenvalue weighted by Crippen LogP contribution is -2.45. The van der Waals surface area contributed by atoms with Gasteiger partial charge >= 0.3 is 18.0 Å². The zero-order chi connectivity index (χ0) is 26.5. The molecular formula is C28H35NO7. The van der Waals surface area contributed by atoms with Crippen molar-refractivity contribution in [1.29, 1.82) is 0 Å². The molecule has 1 fully saturated rings. The Morgan fingerprint density at radius 1 is 0.861 bits per heavy atom. The average molecular weight is 498 g/mol. The molecule has 8 heteroatoms. The number of esters is 2. The molecule has 0 N–H and O–H groups in total. The lowest BCUT2D eigenvalue weighted by molar-refractivity contribution is -0.160. The van der Waals surface area contributed by atoms with Crippen molar-refractivity contribution in [3.05, 3.63) is 65.7 Å². The first-order valence-corrected chi connectivity index (χ1v) is 12.0. The van der Waals surface area contributed by atoms with E-state index in [-0.39, 0.29) is 13.0 Å². The first-order chi connectivity index (χ1) is 16.8. The summed E-state index contributed by atoms with van der Waals surface area (Å²) in [6.07, 6.45) is -1.22. The van der Waals surface area contributed by atoms with Gasteiger partial charge in [-0.3, -0.25) is 4.90 Å². The number of rotatable bonds is 6. The standard InChI is InChI=1S/C28H35NO7/c1-27(2,3)35-25(31)23-16-22(17-29(23)26(32)36-28(4,5)6)34-24(30)20-12-14-21(15-13-20)33-18-19-10-8-7-9-11-19/h7-15,22-23H,16-18H2,1-6H3/t22-,23-/m0/s1. The molecule has 1 amide bonds. The van der Waals surface area contributed by atoms with E-state index in [9.17, 15) is 14.4 Å². The second-order valence-corrected chi connectivity index (χ2v) is 10.7. The maximum atomic E-state index is 12.8. The van der Waals surface area contributed by atoms with Gasteiger partial charge in [-0.05, 0) is 71.4 Å². The highest BCUT2D eigenvalue weighted by molar-refractivity contribution is 5.90. The number of benzene rings is 2. The van der Waals surface area contributed by atoms with Gasteiger partial charge in [0, 0.05) is 6.42 Å². The molecule has 3 rings (SSSR count). The molecule has 1 aliphatic rings. The Morgan fingerprint density at radius 2 is 1.47 bits per heavy atom. The SMILES string of the molecule is CC(C)(C)OC(=O)[C@@H]1C[C@H](OC(=O)c2ccc(OCc3ccccc3)cc2)CN1C(=O)OC(C)(C)C. The van der Waals surface area contributed by atoms with Gasteiger partial charge in [-0.25, -0.2) is 14.4 Å². The summed E-state index contributed by atoms with van der Waals surface area (Å²) in [5.41, 5.74) is -0.0901. The summed E-state index contributed by atoms with van der Waals surface area (Å²) in [4.78, 5) is 39.7. The maximum absolute atomic E-state index is 12.8. The van der Waals surface area contributed by atoms with Crippen molar-refractivity contribution in [2.45, 2.75) is 77.9 Å². The second-order valence-electron chi connectivity index (χ2n) is 10.7. The van der Waals surface area contributed by atoms with E-state index in [0.717, 1.165) is 5.56 Å². The van der Waals surface area contributed by atoms with Gasteiger partial charge in [0.25, 0.3) is 0 Å². The van der Waals surface area contributed by atoms with Gasteiger partial charge in [0.1, 0.15) is 35.7 Å². The minimum absolute atomic E-state index is 0.0306. The Balaban J connectivity index is 1.63. The van der Waals surface area contributed by atoms with Crippen LogP contribution in [0, 0.1) is 0 Å². The van der Waals surface area contributed by atoms with Crippen molar-refractivity contribution in [3.63, 3.8) is 0 Å². The van der Waals surface area contributed by atoms with Crippen LogP contribution in [-0.4, -0.2) is 52.8 Å². The van der Waals surface area contributed by atoms with Gasteiger partial charge in [0.15, 0.2) is 0 Å². The van der Waals surface area contributed by atoms with E-state index in [1.54, 1.807) is 65.8 Å². The minimum Gasteiger partial charge on any atom is -0.489 e. The van der Waals surface area contributed by atoms with Crippen LogP contribution in [0.4, 0.5) is 4.79 Å². The Morgan fingerprint density at radius 3 is 2.06 bits per heavy atom. The van der Waals surface area contributed by atoms with Crippen molar-refractivity contribution in [2.24, 2.45) is 0 Å². The van der Waals surface area contributed by atoms with E-state index in [1.165, 1.54) is 4.90 Å². The smallest absolute Gasteiger partial charge is 0.411 e. The summed E-state index contributed by atoms with van der Waals surface area (Å²) in [6, 6.07) is 15.5. The van der Waals surface area contributed by atoms with E-state index < -0.39 is 41.4 Å². The lowest BCUT2D eigenvalue weighted by atomic mass is 10.1. The number of carbonyl (C=O) groups excluding carboxylic acids is 3. The fourth-order valence-corrected chi connectivity index (χ4v) is 3.65. The number of hydrogen-bond donors (Lipinski definition) is 0. The molecule has 194 valence electrons. The molecule has 0 bridgehead atoms. The predicted octanol–water partition coefficient (Wildman–Crippen LogP) is 5.14. The predicted molar refractivity (Wildman–Crippen MR) is 134 cm³/mol. The lowest BCUT2D eigenvalue weighted by Gasteiger charge is -2.29. The molecule has 1 heterocycles. The molecule has 1 aliphatic heterocycles. The van der Waals surface area contributed by atoms with Gasteiger partial charge in [0.2, 0.25) is 0 Å². The monoisotopic (exact) mass is 497 g/mol. The highest BCUT2D eigenvalue weighted by Crippen LogP contribution is 2.27. The molecule has 0 spiro atoms. The van der Waals surface area contributed by atoms with Crippen molar-refractivity contribution >= 4 is 18.0 Å². The van der Waals surface area contributed by atoms with Crippen LogP contribution in [0.2, 0.25) is 0 Å². The molecule has 0 saturated carbocycles. The van der Waals surface area contributed by atoms with Crippen molar-refractivity contribution in [1.82, 2.24) is 4.90 Å². The third kappa shape index (κ3) is 8.00.